The Morgan fingerprint density at radius 3 is 2.18 bits per heavy atom. The zero-order chi connectivity index (χ0) is 35.6. The molecule has 0 bridgehead atoms. The van der Waals surface area contributed by atoms with Crippen LogP contribution in [0.2, 0.25) is 0 Å². The zero-order valence-electron chi connectivity index (χ0n) is 28.7. The third-order valence-electron chi connectivity index (χ3n) is 8.88. The van der Waals surface area contributed by atoms with Crippen molar-refractivity contribution in [1.82, 2.24) is 5.32 Å². The number of hydrogen-bond donors (Lipinski definition) is 2. The van der Waals surface area contributed by atoms with Crippen LogP contribution in [0.1, 0.15) is 34.8 Å². The van der Waals surface area contributed by atoms with E-state index in [0.717, 1.165) is 37.9 Å². The molecule has 0 saturated carbocycles. The van der Waals surface area contributed by atoms with E-state index in [9.17, 15) is 4.79 Å². The fourth-order valence-electron chi connectivity index (χ4n) is 6.19. The van der Waals surface area contributed by atoms with Gasteiger partial charge in [0.25, 0.3) is 5.91 Å². The first-order valence-corrected chi connectivity index (χ1v) is 17.7. The minimum Gasteiger partial charge on any atom is -0.494 e. The highest BCUT2D eigenvalue weighted by Gasteiger charge is 2.53. The van der Waals surface area contributed by atoms with Crippen molar-refractivity contribution in [3.63, 3.8) is 0 Å². The maximum absolute atomic E-state index is 14.7. The Morgan fingerprint density at radius 2 is 1.49 bits per heavy atom. The van der Waals surface area contributed by atoms with Crippen LogP contribution in [0.4, 0.5) is 0 Å². The lowest BCUT2D eigenvalue weighted by Gasteiger charge is -2.31. The molecule has 0 aromatic heterocycles. The molecule has 0 spiro atoms. The Bertz CT molecular complexity index is 1930. The monoisotopic (exact) mass is 748 g/mol. The van der Waals surface area contributed by atoms with Crippen LogP contribution in [0.3, 0.4) is 0 Å². The Balaban J connectivity index is 1.36. The van der Waals surface area contributed by atoms with Gasteiger partial charge in [-0.25, -0.2) is 4.99 Å². The number of halogens is 1. The third kappa shape index (κ3) is 8.44. The molecule has 1 aliphatic rings. The Morgan fingerprint density at radius 1 is 0.824 bits per heavy atom. The van der Waals surface area contributed by atoms with Gasteiger partial charge in [0.1, 0.15) is 5.75 Å². The van der Waals surface area contributed by atoms with E-state index < -0.39 is 11.6 Å². The maximum atomic E-state index is 14.7. The number of amides is 1. The van der Waals surface area contributed by atoms with E-state index in [1.54, 1.807) is 14.2 Å². The quantitative estimate of drug-likeness (QED) is 0.106. The van der Waals surface area contributed by atoms with Crippen molar-refractivity contribution < 1.29 is 28.8 Å². The molecule has 0 saturated heterocycles. The SMILES string of the molecule is COc1ccc(CCNC(=O)[C@]2(Cc3ccc(Br)cc3)N=C(c3ccc(OCCCO)cc3)O[C@@H]2c2ccc(-c3ccccc3)cc2)cc1OC. The molecule has 0 aliphatic carbocycles. The van der Waals surface area contributed by atoms with Crippen LogP contribution in [-0.4, -0.2) is 56.4 Å². The van der Waals surface area contributed by atoms with E-state index in [2.05, 4.69) is 45.5 Å². The Labute approximate surface area is 307 Å². The predicted octanol–water partition coefficient (Wildman–Crippen LogP) is 7.75. The van der Waals surface area contributed by atoms with Crippen LogP contribution in [0.5, 0.6) is 17.2 Å². The summed E-state index contributed by atoms with van der Waals surface area (Å²) in [7, 11) is 3.21. The van der Waals surface area contributed by atoms with Gasteiger partial charge in [-0.2, -0.15) is 0 Å². The fourth-order valence-corrected chi connectivity index (χ4v) is 6.45. The molecule has 262 valence electrons. The molecule has 9 heteroatoms. The summed E-state index contributed by atoms with van der Waals surface area (Å²) in [5.74, 6) is 2.10. The van der Waals surface area contributed by atoms with Crippen molar-refractivity contribution in [2.75, 3.05) is 34.0 Å². The summed E-state index contributed by atoms with van der Waals surface area (Å²) in [6, 6.07) is 39.5. The molecular weight excluding hydrogens is 708 g/mol. The van der Waals surface area contributed by atoms with Crippen molar-refractivity contribution in [2.24, 2.45) is 4.99 Å². The predicted molar refractivity (Wildman–Crippen MR) is 203 cm³/mol. The minimum absolute atomic E-state index is 0.0627. The smallest absolute Gasteiger partial charge is 0.252 e. The van der Waals surface area contributed by atoms with E-state index in [1.165, 1.54) is 0 Å². The summed E-state index contributed by atoms with van der Waals surface area (Å²) < 4.78 is 24.3. The zero-order valence-corrected chi connectivity index (χ0v) is 30.3. The van der Waals surface area contributed by atoms with Gasteiger partial charge in [-0.3, -0.25) is 4.79 Å². The van der Waals surface area contributed by atoms with E-state index in [0.29, 0.717) is 55.6 Å². The summed E-state index contributed by atoms with van der Waals surface area (Å²) in [6.07, 6.45) is 0.704. The second kappa shape index (κ2) is 16.7. The lowest BCUT2D eigenvalue weighted by atomic mass is 9.81. The molecular formula is C42H41BrN2O6. The van der Waals surface area contributed by atoms with Crippen LogP contribution in [0.15, 0.2) is 131 Å². The molecule has 6 rings (SSSR count). The molecule has 5 aromatic rings. The van der Waals surface area contributed by atoms with Gasteiger partial charge in [-0.15, -0.1) is 0 Å². The molecule has 1 heterocycles. The number of carbonyl (C=O) groups is 1. The number of nitrogens with one attached hydrogen (secondary N) is 1. The normalized spacial score (nSPS) is 16.5. The first kappa shape index (κ1) is 35.7. The molecule has 5 aromatic carbocycles. The lowest BCUT2D eigenvalue weighted by Crippen LogP contribution is -2.50. The van der Waals surface area contributed by atoms with Gasteiger partial charge in [-0.05, 0) is 82.8 Å². The number of benzene rings is 5. The average Bonchev–Trinajstić information content (AvgIpc) is 3.56. The topological polar surface area (TPSA) is 98.6 Å². The summed E-state index contributed by atoms with van der Waals surface area (Å²) >= 11 is 3.55. The number of nitrogens with zero attached hydrogens (tertiary/aromatic N) is 1. The van der Waals surface area contributed by atoms with Crippen molar-refractivity contribution in [3.8, 4) is 28.4 Å². The number of aliphatic hydroxyl groups excluding tert-OH is 1. The summed E-state index contributed by atoms with van der Waals surface area (Å²) in [4.78, 5) is 19.9. The molecule has 51 heavy (non-hydrogen) atoms. The number of aliphatic imine (C=N–C) groups is 1. The van der Waals surface area contributed by atoms with Crippen LogP contribution < -0.4 is 19.5 Å². The second-order valence-electron chi connectivity index (χ2n) is 12.3. The van der Waals surface area contributed by atoms with Gasteiger partial charge in [-0.1, -0.05) is 88.7 Å². The third-order valence-corrected chi connectivity index (χ3v) is 9.41. The van der Waals surface area contributed by atoms with E-state index in [-0.39, 0.29) is 12.5 Å². The largest absolute Gasteiger partial charge is 0.494 e. The Kier molecular flexibility index (Phi) is 11.7. The maximum Gasteiger partial charge on any atom is 0.252 e. The number of rotatable bonds is 15. The van der Waals surface area contributed by atoms with Gasteiger partial charge in [0.05, 0.1) is 20.8 Å². The molecule has 1 aliphatic heterocycles. The number of hydrogen-bond acceptors (Lipinski definition) is 7. The van der Waals surface area contributed by atoms with Gasteiger partial charge in [0, 0.05) is 36.0 Å². The highest BCUT2D eigenvalue weighted by Crippen LogP contribution is 2.43. The second-order valence-corrected chi connectivity index (χ2v) is 13.2. The first-order chi connectivity index (χ1) is 24.9. The first-order valence-electron chi connectivity index (χ1n) is 16.9. The van der Waals surface area contributed by atoms with Gasteiger partial charge >= 0.3 is 0 Å². The van der Waals surface area contributed by atoms with Gasteiger partial charge in [0.15, 0.2) is 23.1 Å². The van der Waals surface area contributed by atoms with Crippen LogP contribution in [-0.2, 0) is 22.4 Å². The minimum atomic E-state index is -1.33. The molecule has 2 atom stereocenters. The molecule has 0 unspecified atom stereocenters. The fraction of sp³-hybridized carbons (Fsp3) is 0.238. The van der Waals surface area contributed by atoms with Gasteiger partial charge in [0.2, 0.25) is 5.90 Å². The van der Waals surface area contributed by atoms with Crippen molar-refractivity contribution in [2.45, 2.75) is 30.9 Å². The molecule has 1 amide bonds. The summed E-state index contributed by atoms with van der Waals surface area (Å²) in [5.41, 5.74) is 4.34. The molecule has 0 radical (unpaired) electrons. The van der Waals surface area contributed by atoms with Crippen molar-refractivity contribution >= 4 is 27.7 Å². The number of ether oxygens (including phenoxy) is 4. The van der Waals surface area contributed by atoms with Crippen molar-refractivity contribution in [1.29, 1.82) is 0 Å². The molecule has 8 nitrogen and oxygen atoms in total. The highest BCUT2D eigenvalue weighted by molar-refractivity contribution is 9.10. The number of methoxy groups -OCH3 is 2. The van der Waals surface area contributed by atoms with E-state index in [4.69, 9.17) is 29.0 Å². The summed E-state index contributed by atoms with van der Waals surface area (Å²) in [6.45, 7) is 0.849. The van der Waals surface area contributed by atoms with Gasteiger partial charge < -0.3 is 29.4 Å². The van der Waals surface area contributed by atoms with E-state index in [1.807, 2.05) is 97.1 Å². The molecule has 2 N–H and O–H groups in total. The lowest BCUT2D eigenvalue weighted by molar-refractivity contribution is -0.128. The number of aliphatic hydroxyl groups is 1. The van der Waals surface area contributed by atoms with Crippen LogP contribution in [0, 0.1) is 0 Å². The highest BCUT2D eigenvalue weighted by atomic mass is 79.9. The molecule has 0 fully saturated rings. The average molecular weight is 750 g/mol. The van der Waals surface area contributed by atoms with Crippen LogP contribution in [0.25, 0.3) is 11.1 Å². The van der Waals surface area contributed by atoms with Crippen molar-refractivity contribution in [3.05, 3.63) is 148 Å². The standard InChI is InChI=1S/C42H41BrN2O6/c1-48-37-22-11-29(27-38(37)49-2)23-24-44-41(47)42(28-30-9-18-35(43)19-10-30)39(33-14-12-32(13-15-33)31-7-4-3-5-8-31)51-40(45-42)34-16-20-36(21-17-34)50-26-6-25-46/h3-5,7-22,27,39,46H,6,23-26,28H2,1-2H3,(H,44,47)/t39-,42-/m1/s1. The number of carbonyl (C=O) groups excluding carboxylic acids is 1. The van der Waals surface area contributed by atoms with E-state index >= 15 is 0 Å². The Hall–Kier alpha value is -5.12. The summed E-state index contributed by atoms with van der Waals surface area (Å²) in [5, 5.41) is 12.3. The van der Waals surface area contributed by atoms with Crippen LogP contribution >= 0.6 is 15.9 Å².